The Labute approximate surface area is 170 Å². The van der Waals surface area contributed by atoms with Gasteiger partial charge in [-0.05, 0) is 50.8 Å². The van der Waals surface area contributed by atoms with E-state index in [4.69, 9.17) is 4.98 Å². The molecule has 2 fully saturated rings. The van der Waals surface area contributed by atoms with Gasteiger partial charge < -0.3 is 15.5 Å². The fraction of sp³-hybridized carbons (Fsp3) is 0.571. The number of nitrogens with one attached hydrogen (secondary N) is 2. The third-order valence-electron chi connectivity index (χ3n) is 5.64. The Balaban J connectivity index is 1.35. The number of pyridine rings is 1. The third-order valence-corrected chi connectivity index (χ3v) is 6.61. The summed E-state index contributed by atoms with van der Waals surface area (Å²) in [5.41, 5.74) is 1.11. The Kier molecular flexibility index (Phi) is 6.22. The molecule has 4 heterocycles. The molecule has 1 atom stereocenters. The Morgan fingerprint density at radius 2 is 2.18 bits per heavy atom. The Bertz CT molecular complexity index is 794. The second-order valence-corrected chi connectivity index (χ2v) is 8.82. The summed E-state index contributed by atoms with van der Waals surface area (Å²) in [6, 6.07) is 6.20. The lowest BCUT2D eigenvalue weighted by atomic mass is 9.92. The maximum Gasteiger partial charge on any atom is 0.239 e. The largest absolute Gasteiger partial charge is 0.341 e. The summed E-state index contributed by atoms with van der Waals surface area (Å²) in [5, 5.41) is 7.57. The van der Waals surface area contributed by atoms with Crippen molar-refractivity contribution in [2.24, 2.45) is 0 Å². The highest BCUT2D eigenvalue weighted by atomic mass is 32.1. The summed E-state index contributed by atoms with van der Waals surface area (Å²) in [5.74, 6) is 1.55. The van der Waals surface area contributed by atoms with Crippen molar-refractivity contribution in [3.05, 3.63) is 35.0 Å². The molecule has 6 nitrogen and oxygen atoms in total. The number of aromatic nitrogens is 2. The van der Waals surface area contributed by atoms with E-state index in [9.17, 15) is 4.79 Å². The number of piperidine rings is 1. The standard InChI is InChI=1S/C21H29N5OS/c1-2-5-16-14-23-21(28-16)25-19-8-3-6-17(24-19)15-9-12-26(13-10-15)20(27)18-7-4-11-22-18/h3,6,8,14-15,18,22H,2,4-5,7,9-13H2,1H3,(H,23,24,25)/t18-/m0/s1. The maximum atomic E-state index is 12.6. The highest BCUT2D eigenvalue weighted by Gasteiger charge is 2.30. The lowest BCUT2D eigenvalue weighted by molar-refractivity contribution is -0.134. The number of likely N-dealkylation sites (tertiary alicyclic amines) is 1. The second kappa shape index (κ2) is 9.01. The Morgan fingerprint density at radius 3 is 2.93 bits per heavy atom. The van der Waals surface area contributed by atoms with Crippen molar-refractivity contribution in [1.29, 1.82) is 0 Å². The van der Waals surface area contributed by atoms with E-state index in [-0.39, 0.29) is 11.9 Å². The van der Waals surface area contributed by atoms with Crippen molar-refractivity contribution < 1.29 is 4.79 Å². The van der Waals surface area contributed by atoms with E-state index in [0.29, 0.717) is 5.92 Å². The second-order valence-electron chi connectivity index (χ2n) is 7.70. The van der Waals surface area contributed by atoms with Crippen molar-refractivity contribution in [3.63, 3.8) is 0 Å². The van der Waals surface area contributed by atoms with Gasteiger partial charge in [-0.2, -0.15) is 0 Å². The summed E-state index contributed by atoms with van der Waals surface area (Å²) in [6.07, 6.45) is 8.19. The van der Waals surface area contributed by atoms with Gasteiger partial charge in [-0.15, -0.1) is 11.3 Å². The van der Waals surface area contributed by atoms with E-state index in [1.54, 1.807) is 11.3 Å². The van der Waals surface area contributed by atoms with Crippen LogP contribution in [0.2, 0.25) is 0 Å². The van der Waals surface area contributed by atoms with Crippen LogP contribution in [0.15, 0.2) is 24.4 Å². The molecular weight excluding hydrogens is 370 g/mol. The molecule has 2 N–H and O–H groups in total. The van der Waals surface area contributed by atoms with Crippen molar-refractivity contribution in [1.82, 2.24) is 20.2 Å². The summed E-state index contributed by atoms with van der Waals surface area (Å²) in [6.45, 7) is 4.80. The average molecular weight is 400 g/mol. The van der Waals surface area contributed by atoms with Gasteiger partial charge in [0.25, 0.3) is 0 Å². The molecule has 0 spiro atoms. The lowest BCUT2D eigenvalue weighted by Crippen LogP contribution is -2.46. The highest BCUT2D eigenvalue weighted by molar-refractivity contribution is 7.15. The van der Waals surface area contributed by atoms with Crippen LogP contribution < -0.4 is 10.6 Å². The third kappa shape index (κ3) is 4.52. The molecule has 4 rings (SSSR count). The molecule has 0 radical (unpaired) electrons. The smallest absolute Gasteiger partial charge is 0.239 e. The van der Waals surface area contributed by atoms with Gasteiger partial charge in [0.05, 0.1) is 6.04 Å². The van der Waals surface area contributed by atoms with Crippen LogP contribution >= 0.6 is 11.3 Å². The number of thiazole rings is 1. The van der Waals surface area contributed by atoms with Gasteiger partial charge in [0.15, 0.2) is 5.13 Å². The lowest BCUT2D eigenvalue weighted by Gasteiger charge is -2.33. The van der Waals surface area contributed by atoms with E-state index < -0.39 is 0 Å². The van der Waals surface area contributed by atoms with E-state index in [2.05, 4.69) is 34.7 Å². The van der Waals surface area contributed by atoms with Gasteiger partial charge in [-0.3, -0.25) is 4.79 Å². The van der Waals surface area contributed by atoms with Crippen LogP contribution in [0.5, 0.6) is 0 Å². The maximum absolute atomic E-state index is 12.6. The summed E-state index contributed by atoms with van der Waals surface area (Å²) in [4.78, 5) is 25.2. The number of carbonyl (C=O) groups excluding carboxylic acids is 1. The van der Waals surface area contributed by atoms with Crippen LogP contribution in [0.3, 0.4) is 0 Å². The van der Waals surface area contributed by atoms with Crippen LogP contribution in [0.25, 0.3) is 0 Å². The van der Waals surface area contributed by atoms with Crippen molar-refractivity contribution in [3.8, 4) is 0 Å². The molecule has 0 unspecified atom stereocenters. The van der Waals surface area contributed by atoms with Crippen molar-refractivity contribution in [2.75, 3.05) is 25.0 Å². The van der Waals surface area contributed by atoms with Gasteiger partial charge in [-0.1, -0.05) is 19.4 Å². The zero-order chi connectivity index (χ0) is 19.3. The van der Waals surface area contributed by atoms with Crippen LogP contribution in [-0.2, 0) is 11.2 Å². The normalized spacial score (nSPS) is 20.5. The summed E-state index contributed by atoms with van der Waals surface area (Å²) in [7, 11) is 0. The van der Waals surface area contributed by atoms with Crippen LogP contribution in [0.4, 0.5) is 10.9 Å². The molecule has 7 heteroatoms. The number of nitrogens with zero attached hydrogens (tertiary/aromatic N) is 3. The van der Waals surface area contributed by atoms with Crippen LogP contribution in [0.1, 0.15) is 55.5 Å². The predicted molar refractivity (Wildman–Crippen MR) is 113 cm³/mol. The number of hydrogen-bond acceptors (Lipinski definition) is 6. The molecule has 0 aromatic carbocycles. The monoisotopic (exact) mass is 399 g/mol. The zero-order valence-corrected chi connectivity index (χ0v) is 17.3. The first kappa shape index (κ1) is 19.3. The Hall–Kier alpha value is -1.99. The SMILES string of the molecule is CCCc1cnc(Nc2cccc(C3CCN(C(=O)[C@@H]4CCCN4)CC3)n2)s1. The van der Waals surface area contributed by atoms with E-state index in [1.807, 2.05) is 17.2 Å². The summed E-state index contributed by atoms with van der Waals surface area (Å²) >= 11 is 1.70. The minimum Gasteiger partial charge on any atom is -0.341 e. The van der Waals surface area contributed by atoms with E-state index in [0.717, 1.165) is 74.8 Å². The molecule has 150 valence electrons. The number of rotatable bonds is 6. The fourth-order valence-electron chi connectivity index (χ4n) is 4.10. The highest BCUT2D eigenvalue weighted by Crippen LogP contribution is 2.29. The average Bonchev–Trinajstić information content (AvgIpc) is 3.41. The van der Waals surface area contributed by atoms with Crippen molar-refractivity contribution >= 4 is 28.2 Å². The summed E-state index contributed by atoms with van der Waals surface area (Å²) < 4.78 is 0. The molecule has 0 aliphatic carbocycles. The van der Waals surface area contributed by atoms with Crippen LogP contribution in [0, 0.1) is 0 Å². The molecule has 2 aromatic heterocycles. The van der Waals surface area contributed by atoms with Gasteiger partial charge in [-0.25, -0.2) is 9.97 Å². The Morgan fingerprint density at radius 1 is 1.32 bits per heavy atom. The molecular formula is C21H29N5OS. The van der Waals surface area contributed by atoms with Crippen LogP contribution in [-0.4, -0.2) is 46.5 Å². The quantitative estimate of drug-likeness (QED) is 0.775. The molecule has 2 aliphatic heterocycles. The molecule has 28 heavy (non-hydrogen) atoms. The van der Waals surface area contributed by atoms with Gasteiger partial charge in [0, 0.05) is 35.8 Å². The van der Waals surface area contributed by atoms with E-state index >= 15 is 0 Å². The number of carbonyl (C=O) groups is 1. The van der Waals surface area contributed by atoms with Gasteiger partial charge >= 0.3 is 0 Å². The topological polar surface area (TPSA) is 70.2 Å². The molecule has 2 aliphatic rings. The first-order chi connectivity index (χ1) is 13.7. The van der Waals surface area contributed by atoms with Gasteiger partial charge in [0.2, 0.25) is 5.91 Å². The number of anilines is 2. The molecule has 1 amide bonds. The molecule has 0 saturated carbocycles. The van der Waals surface area contributed by atoms with Gasteiger partial charge in [0.1, 0.15) is 5.82 Å². The van der Waals surface area contributed by atoms with E-state index in [1.165, 1.54) is 4.88 Å². The number of hydrogen-bond donors (Lipinski definition) is 2. The zero-order valence-electron chi connectivity index (χ0n) is 16.5. The molecule has 0 bridgehead atoms. The first-order valence-corrected chi connectivity index (χ1v) is 11.3. The predicted octanol–water partition coefficient (Wildman–Crippen LogP) is 3.69. The molecule has 2 aromatic rings. The number of amides is 1. The van der Waals surface area contributed by atoms with Crippen molar-refractivity contribution in [2.45, 2.75) is 57.4 Å². The minimum absolute atomic E-state index is 0.0399. The fourth-order valence-corrected chi connectivity index (χ4v) is 5.02. The minimum atomic E-state index is 0.0399. The molecule has 2 saturated heterocycles. The first-order valence-electron chi connectivity index (χ1n) is 10.4. The number of aryl methyl sites for hydroxylation is 1.